The molecule has 4 heteroatoms. The Morgan fingerprint density at radius 1 is 0.750 bits per heavy atom. The molecular formula is H6N2RuW. The summed E-state index contributed by atoms with van der Waals surface area (Å²) in [5, 5.41) is 0. The molecule has 0 saturated carbocycles. The van der Waals surface area contributed by atoms with Gasteiger partial charge in [0.25, 0.3) is 0 Å². The van der Waals surface area contributed by atoms with E-state index in [1.54, 1.807) is 0 Å². The Morgan fingerprint density at radius 3 is 0.750 bits per heavy atom. The maximum Gasteiger partial charge on any atom is 0 e. The van der Waals surface area contributed by atoms with Gasteiger partial charge in [0.15, 0.2) is 0 Å². The van der Waals surface area contributed by atoms with Crippen molar-refractivity contribution in [1.29, 1.82) is 0 Å². The van der Waals surface area contributed by atoms with Crippen molar-refractivity contribution in [2.24, 2.45) is 0 Å². The molecule has 0 aliphatic carbocycles. The van der Waals surface area contributed by atoms with Crippen LogP contribution in [-0.4, -0.2) is 0 Å². The summed E-state index contributed by atoms with van der Waals surface area (Å²) in [6, 6.07) is 0. The summed E-state index contributed by atoms with van der Waals surface area (Å²) >= 11 is 0. The van der Waals surface area contributed by atoms with Crippen LogP contribution >= 0.6 is 0 Å². The zero-order valence-corrected chi connectivity index (χ0v) is 6.85. The summed E-state index contributed by atoms with van der Waals surface area (Å²) in [5.41, 5.74) is 0. The molecule has 0 atom stereocenters. The van der Waals surface area contributed by atoms with Crippen molar-refractivity contribution in [2.75, 3.05) is 0 Å². The SMILES string of the molecule is N.N.[Ru].[W]. The first kappa shape index (κ1) is 61.8. The van der Waals surface area contributed by atoms with E-state index in [0.717, 1.165) is 0 Å². The van der Waals surface area contributed by atoms with Gasteiger partial charge >= 0.3 is 0 Å². The molecule has 0 spiro atoms. The Hall–Kier alpha value is 1.23. The van der Waals surface area contributed by atoms with E-state index in [9.17, 15) is 0 Å². The van der Waals surface area contributed by atoms with Gasteiger partial charge in [-0.05, 0) is 0 Å². The third-order valence-electron chi connectivity index (χ3n) is 0. The molecule has 0 rings (SSSR count). The van der Waals surface area contributed by atoms with Crippen LogP contribution in [0.3, 0.4) is 0 Å². The molecule has 0 aliphatic rings. The quantitative estimate of drug-likeness (QED) is 0.631. The third kappa shape index (κ3) is 10.6. The fourth-order valence-electron chi connectivity index (χ4n) is 0. The molecule has 0 saturated heterocycles. The Morgan fingerprint density at radius 2 is 0.750 bits per heavy atom. The van der Waals surface area contributed by atoms with Crippen molar-refractivity contribution in [3.05, 3.63) is 0 Å². The molecule has 4 heavy (non-hydrogen) atoms. The summed E-state index contributed by atoms with van der Waals surface area (Å²) in [7, 11) is 0. The second kappa shape index (κ2) is 29.1. The average molecular weight is 319 g/mol. The largest absolute Gasteiger partial charge is 0.344 e. The maximum atomic E-state index is 0. The second-order valence-electron chi connectivity index (χ2n) is 0. The Balaban J connectivity index is 0. The van der Waals surface area contributed by atoms with Crippen molar-refractivity contribution >= 4 is 0 Å². The van der Waals surface area contributed by atoms with Crippen LogP contribution in [0.25, 0.3) is 0 Å². The molecule has 0 radical (unpaired) electrons. The molecule has 2 nitrogen and oxygen atoms in total. The van der Waals surface area contributed by atoms with Crippen LogP contribution < -0.4 is 12.3 Å². The van der Waals surface area contributed by atoms with Gasteiger partial charge < -0.3 is 12.3 Å². The summed E-state index contributed by atoms with van der Waals surface area (Å²) in [5.74, 6) is 0. The van der Waals surface area contributed by atoms with Crippen LogP contribution in [0.2, 0.25) is 0 Å². The second-order valence-corrected chi connectivity index (χ2v) is 0. The van der Waals surface area contributed by atoms with E-state index < -0.39 is 0 Å². The third-order valence-corrected chi connectivity index (χ3v) is 0. The predicted molar refractivity (Wildman–Crippen MR) is 10.0 cm³/mol. The minimum Gasteiger partial charge on any atom is -0.344 e. The zero-order valence-electron chi connectivity index (χ0n) is 2.18. The molecule has 0 aliphatic heterocycles. The molecule has 0 fully saturated rings. The van der Waals surface area contributed by atoms with Crippen LogP contribution in [-0.2, 0) is 40.5 Å². The van der Waals surface area contributed by atoms with Gasteiger partial charge in [-0.2, -0.15) is 0 Å². The van der Waals surface area contributed by atoms with E-state index in [0.29, 0.717) is 0 Å². The van der Waals surface area contributed by atoms with Gasteiger partial charge in [0.05, 0.1) is 0 Å². The van der Waals surface area contributed by atoms with Crippen molar-refractivity contribution in [1.82, 2.24) is 12.3 Å². The fourth-order valence-corrected chi connectivity index (χ4v) is 0. The van der Waals surface area contributed by atoms with Gasteiger partial charge in [0.2, 0.25) is 0 Å². The minimum atomic E-state index is 0. The minimum absolute atomic E-state index is 0. The summed E-state index contributed by atoms with van der Waals surface area (Å²) in [6.45, 7) is 0. The van der Waals surface area contributed by atoms with Gasteiger partial charge in [-0.3, -0.25) is 0 Å². The summed E-state index contributed by atoms with van der Waals surface area (Å²) < 4.78 is 0. The summed E-state index contributed by atoms with van der Waals surface area (Å²) in [4.78, 5) is 0. The van der Waals surface area contributed by atoms with E-state index in [4.69, 9.17) is 0 Å². The molecule has 30 valence electrons. The first-order valence-corrected chi connectivity index (χ1v) is 0. The molecule has 0 aromatic rings. The van der Waals surface area contributed by atoms with E-state index in [1.165, 1.54) is 0 Å². The van der Waals surface area contributed by atoms with Crippen LogP contribution in [0.5, 0.6) is 0 Å². The monoisotopic (exact) mass is 320 g/mol. The average Bonchev–Trinajstić information content (AvgIpc) is 0. The Kier molecular flexibility index (Phi) is 450. The number of hydrogen-bond acceptors (Lipinski definition) is 2. The van der Waals surface area contributed by atoms with Gasteiger partial charge in [0.1, 0.15) is 0 Å². The Bertz CT molecular complexity index is 6.00. The first-order valence-electron chi connectivity index (χ1n) is 0. The smallest absolute Gasteiger partial charge is 0 e. The fraction of sp³-hybridized carbons (Fsp3) is 0. The molecule has 6 N–H and O–H groups in total. The van der Waals surface area contributed by atoms with Crippen LogP contribution in [0.4, 0.5) is 0 Å². The summed E-state index contributed by atoms with van der Waals surface area (Å²) in [6.07, 6.45) is 0. The molecule has 0 aromatic heterocycles. The number of rotatable bonds is 0. The molecule has 0 unspecified atom stereocenters. The molecule has 0 aromatic carbocycles. The molecular weight excluding hydrogens is 313 g/mol. The van der Waals surface area contributed by atoms with Crippen molar-refractivity contribution in [2.45, 2.75) is 0 Å². The van der Waals surface area contributed by atoms with Gasteiger partial charge in [-0.15, -0.1) is 0 Å². The zero-order chi connectivity index (χ0) is 0. The maximum absolute atomic E-state index is 0. The molecule has 0 amide bonds. The Labute approximate surface area is 52.9 Å². The number of hydrogen-bond donors (Lipinski definition) is 2. The molecule has 0 bridgehead atoms. The van der Waals surface area contributed by atoms with E-state index in [2.05, 4.69) is 0 Å². The van der Waals surface area contributed by atoms with Crippen molar-refractivity contribution in [3.63, 3.8) is 0 Å². The van der Waals surface area contributed by atoms with E-state index in [1.807, 2.05) is 0 Å². The van der Waals surface area contributed by atoms with E-state index in [-0.39, 0.29) is 52.8 Å². The van der Waals surface area contributed by atoms with Gasteiger partial charge in [-0.1, -0.05) is 0 Å². The topological polar surface area (TPSA) is 70.0 Å². The first-order chi connectivity index (χ1) is 0. The van der Waals surface area contributed by atoms with Crippen LogP contribution in [0.15, 0.2) is 0 Å². The van der Waals surface area contributed by atoms with Crippen LogP contribution in [0, 0.1) is 0 Å². The van der Waals surface area contributed by atoms with Crippen molar-refractivity contribution in [3.8, 4) is 0 Å². The van der Waals surface area contributed by atoms with Gasteiger partial charge in [-0.25, -0.2) is 0 Å². The van der Waals surface area contributed by atoms with Crippen molar-refractivity contribution < 1.29 is 40.5 Å². The predicted octanol–water partition coefficient (Wildman–Crippen LogP) is 0.319. The van der Waals surface area contributed by atoms with E-state index >= 15 is 0 Å². The standard InChI is InChI=1S/2H3N.Ru.W/h2*1H3;;. The molecule has 0 heterocycles. The normalized spacial score (nSPS) is 0. The van der Waals surface area contributed by atoms with Gasteiger partial charge in [0, 0.05) is 40.5 Å². The van der Waals surface area contributed by atoms with Crippen LogP contribution in [0.1, 0.15) is 0 Å².